The van der Waals surface area contributed by atoms with E-state index in [-0.39, 0.29) is 0 Å². The molecule has 0 aliphatic carbocycles. The zero-order chi connectivity index (χ0) is 13.8. The van der Waals surface area contributed by atoms with Crippen LogP contribution in [0.1, 0.15) is 23.9 Å². The van der Waals surface area contributed by atoms with Crippen molar-refractivity contribution in [3.05, 3.63) is 45.7 Å². The molecule has 0 aliphatic rings. The van der Waals surface area contributed by atoms with Gasteiger partial charge in [0.15, 0.2) is 0 Å². The van der Waals surface area contributed by atoms with E-state index < -0.39 is 0 Å². The fourth-order valence-corrected chi connectivity index (χ4v) is 2.45. The van der Waals surface area contributed by atoms with Crippen molar-refractivity contribution < 1.29 is 0 Å². The van der Waals surface area contributed by atoms with Crippen LogP contribution in [0.15, 0.2) is 28.7 Å². The quantitative estimate of drug-likeness (QED) is 0.939. The summed E-state index contributed by atoms with van der Waals surface area (Å²) in [6.45, 7) is 5.64. The smallest absolute Gasteiger partial charge is 0.0992 e. The molecule has 0 spiro atoms. The lowest BCUT2D eigenvalue weighted by Crippen LogP contribution is -2.08. The molecule has 0 amide bonds. The van der Waals surface area contributed by atoms with Gasteiger partial charge in [-0.05, 0) is 54.0 Å². The zero-order valence-corrected chi connectivity index (χ0v) is 12.5. The van der Waals surface area contributed by atoms with E-state index in [2.05, 4.69) is 45.4 Å². The van der Waals surface area contributed by atoms with Crippen LogP contribution < -0.4 is 5.32 Å². The van der Waals surface area contributed by atoms with Gasteiger partial charge >= 0.3 is 0 Å². The Morgan fingerprint density at radius 2 is 2.21 bits per heavy atom. The third-order valence-electron chi connectivity index (χ3n) is 2.84. The molecule has 0 unspecified atom stereocenters. The van der Waals surface area contributed by atoms with Crippen LogP contribution in [0.4, 0.5) is 5.69 Å². The summed E-state index contributed by atoms with van der Waals surface area (Å²) in [5.74, 6) is 0. The van der Waals surface area contributed by atoms with Crippen molar-refractivity contribution in [2.24, 2.45) is 0 Å². The van der Waals surface area contributed by atoms with Gasteiger partial charge in [-0.3, -0.25) is 4.68 Å². The highest BCUT2D eigenvalue weighted by Crippen LogP contribution is 2.24. The van der Waals surface area contributed by atoms with Crippen LogP contribution in [0.5, 0.6) is 0 Å². The Kier molecular flexibility index (Phi) is 4.23. The first-order valence-electron chi connectivity index (χ1n) is 6.11. The SMILES string of the molecule is CCn1nc(C)cc1CNc1ccc(C#N)cc1Br. The predicted molar refractivity (Wildman–Crippen MR) is 78.8 cm³/mol. The van der Waals surface area contributed by atoms with Gasteiger partial charge in [-0.2, -0.15) is 10.4 Å². The minimum Gasteiger partial charge on any atom is -0.378 e. The number of nitrogens with zero attached hydrogens (tertiary/aromatic N) is 3. The van der Waals surface area contributed by atoms with Gasteiger partial charge in [0, 0.05) is 16.7 Å². The maximum atomic E-state index is 8.83. The highest BCUT2D eigenvalue weighted by molar-refractivity contribution is 9.10. The van der Waals surface area contributed by atoms with Crippen LogP contribution in [0.3, 0.4) is 0 Å². The van der Waals surface area contributed by atoms with Gasteiger partial charge < -0.3 is 5.32 Å². The molecule has 1 aromatic heterocycles. The van der Waals surface area contributed by atoms with E-state index in [1.54, 1.807) is 6.07 Å². The summed E-state index contributed by atoms with van der Waals surface area (Å²) < 4.78 is 2.88. The monoisotopic (exact) mass is 318 g/mol. The lowest BCUT2D eigenvalue weighted by atomic mass is 10.2. The molecule has 19 heavy (non-hydrogen) atoms. The van der Waals surface area contributed by atoms with Crippen molar-refractivity contribution in [2.45, 2.75) is 26.9 Å². The zero-order valence-electron chi connectivity index (χ0n) is 10.9. The number of hydrogen-bond acceptors (Lipinski definition) is 3. The summed E-state index contributed by atoms with van der Waals surface area (Å²) in [6.07, 6.45) is 0. The average Bonchev–Trinajstić information content (AvgIpc) is 2.77. The Balaban J connectivity index is 2.12. The van der Waals surface area contributed by atoms with E-state index in [9.17, 15) is 0 Å². The molecule has 1 N–H and O–H groups in total. The van der Waals surface area contributed by atoms with Gasteiger partial charge in [-0.25, -0.2) is 0 Å². The number of nitriles is 1. The molecule has 0 saturated carbocycles. The molecule has 0 bridgehead atoms. The second-order valence-corrected chi connectivity index (χ2v) is 5.11. The molecule has 98 valence electrons. The van der Waals surface area contributed by atoms with Crippen LogP contribution in [-0.2, 0) is 13.1 Å². The van der Waals surface area contributed by atoms with Gasteiger partial charge in [-0.15, -0.1) is 0 Å². The normalized spacial score (nSPS) is 10.2. The van der Waals surface area contributed by atoms with Crippen LogP contribution >= 0.6 is 15.9 Å². The van der Waals surface area contributed by atoms with Crippen LogP contribution in [0.25, 0.3) is 0 Å². The predicted octanol–water partition coefficient (Wildman–Crippen LogP) is 3.46. The largest absolute Gasteiger partial charge is 0.378 e. The molecule has 4 nitrogen and oxygen atoms in total. The second kappa shape index (κ2) is 5.89. The minimum absolute atomic E-state index is 0.645. The minimum atomic E-state index is 0.645. The van der Waals surface area contributed by atoms with E-state index in [0.29, 0.717) is 12.1 Å². The third-order valence-corrected chi connectivity index (χ3v) is 3.50. The number of aromatic nitrogens is 2. The molecule has 0 saturated heterocycles. The van der Waals surface area contributed by atoms with Crippen molar-refractivity contribution in [3.63, 3.8) is 0 Å². The highest BCUT2D eigenvalue weighted by Gasteiger charge is 2.05. The Morgan fingerprint density at radius 3 is 2.84 bits per heavy atom. The molecule has 5 heteroatoms. The van der Waals surface area contributed by atoms with Gasteiger partial charge in [-0.1, -0.05) is 0 Å². The molecule has 2 aromatic rings. The van der Waals surface area contributed by atoms with E-state index >= 15 is 0 Å². The molecule has 0 aliphatic heterocycles. The van der Waals surface area contributed by atoms with Crippen molar-refractivity contribution in [1.82, 2.24) is 9.78 Å². The summed E-state index contributed by atoms with van der Waals surface area (Å²) in [5, 5.41) is 16.6. The van der Waals surface area contributed by atoms with Crippen LogP contribution in [0.2, 0.25) is 0 Å². The number of nitrogens with one attached hydrogen (secondary N) is 1. The Labute approximate surface area is 121 Å². The first kappa shape index (κ1) is 13.6. The summed E-state index contributed by atoms with van der Waals surface area (Å²) >= 11 is 3.47. The fraction of sp³-hybridized carbons (Fsp3) is 0.286. The van der Waals surface area contributed by atoms with E-state index in [0.717, 1.165) is 28.1 Å². The number of rotatable bonds is 4. The standard InChI is InChI=1S/C14H15BrN4/c1-3-19-12(6-10(2)18-19)9-17-14-5-4-11(8-16)7-13(14)15/h4-7,17H,3,9H2,1-2H3. The average molecular weight is 319 g/mol. The molecule has 0 radical (unpaired) electrons. The summed E-state index contributed by atoms with van der Waals surface area (Å²) in [7, 11) is 0. The van der Waals surface area contributed by atoms with E-state index in [4.69, 9.17) is 5.26 Å². The lowest BCUT2D eigenvalue weighted by Gasteiger charge is -2.09. The molecular weight excluding hydrogens is 304 g/mol. The van der Waals surface area contributed by atoms with Crippen molar-refractivity contribution >= 4 is 21.6 Å². The summed E-state index contributed by atoms with van der Waals surface area (Å²) in [5.41, 5.74) is 3.79. The number of aryl methyl sites for hydroxylation is 2. The lowest BCUT2D eigenvalue weighted by molar-refractivity contribution is 0.623. The molecular formula is C14H15BrN4. The van der Waals surface area contributed by atoms with Gasteiger partial charge in [0.1, 0.15) is 0 Å². The van der Waals surface area contributed by atoms with Crippen molar-refractivity contribution in [3.8, 4) is 6.07 Å². The van der Waals surface area contributed by atoms with Crippen LogP contribution in [0, 0.1) is 18.3 Å². The maximum Gasteiger partial charge on any atom is 0.0992 e. The summed E-state index contributed by atoms with van der Waals surface area (Å²) in [6, 6.07) is 9.71. The Hall–Kier alpha value is -1.80. The fourth-order valence-electron chi connectivity index (χ4n) is 1.93. The van der Waals surface area contributed by atoms with E-state index in [1.165, 1.54) is 0 Å². The first-order chi connectivity index (χ1) is 9.13. The molecule has 1 aromatic carbocycles. The van der Waals surface area contributed by atoms with Crippen molar-refractivity contribution in [1.29, 1.82) is 5.26 Å². The first-order valence-corrected chi connectivity index (χ1v) is 6.90. The number of anilines is 1. The number of hydrogen-bond donors (Lipinski definition) is 1. The van der Waals surface area contributed by atoms with Gasteiger partial charge in [0.25, 0.3) is 0 Å². The van der Waals surface area contributed by atoms with Crippen LogP contribution in [-0.4, -0.2) is 9.78 Å². The van der Waals surface area contributed by atoms with Gasteiger partial charge in [0.05, 0.1) is 29.6 Å². The molecule has 2 rings (SSSR count). The molecule has 0 fully saturated rings. The number of halogens is 1. The topological polar surface area (TPSA) is 53.6 Å². The Bertz CT molecular complexity index is 625. The second-order valence-electron chi connectivity index (χ2n) is 4.25. The molecule has 1 heterocycles. The highest BCUT2D eigenvalue weighted by atomic mass is 79.9. The van der Waals surface area contributed by atoms with Gasteiger partial charge in [0.2, 0.25) is 0 Å². The Morgan fingerprint density at radius 1 is 1.42 bits per heavy atom. The maximum absolute atomic E-state index is 8.83. The van der Waals surface area contributed by atoms with Crippen molar-refractivity contribution in [2.75, 3.05) is 5.32 Å². The number of benzene rings is 1. The molecule has 0 atom stereocenters. The third kappa shape index (κ3) is 3.15. The summed E-state index contributed by atoms with van der Waals surface area (Å²) in [4.78, 5) is 0. The van der Waals surface area contributed by atoms with E-state index in [1.807, 2.05) is 23.7 Å².